The number of aliphatic hydroxyl groups excluding tert-OH is 1. The van der Waals surface area contributed by atoms with Crippen molar-refractivity contribution in [2.45, 2.75) is 19.6 Å². The molecule has 1 N–H and O–H groups in total. The Bertz CT molecular complexity index is 1000. The lowest BCUT2D eigenvalue weighted by Gasteiger charge is -2.22. The summed E-state index contributed by atoms with van der Waals surface area (Å²) in [5.74, 6) is -0.543. The van der Waals surface area contributed by atoms with E-state index in [1.165, 1.54) is 11.8 Å². The summed E-state index contributed by atoms with van der Waals surface area (Å²) in [6.07, 6.45) is -3.81. The number of hydrogen-bond acceptors (Lipinski definition) is 3. The number of carbonyl (C=O) groups excluding carboxylic acids is 1. The lowest BCUT2D eigenvalue weighted by Crippen LogP contribution is -2.34. The summed E-state index contributed by atoms with van der Waals surface area (Å²) >= 11 is 5.98. The maximum absolute atomic E-state index is 13.2. The molecule has 0 saturated heterocycles. The molecule has 0 saturated carbocycles. The van der Waals surface area contributed by atoms with Gasteiger partial charge in [-0.3, -0.25) is 9.20 Å². The van der Waals surface area contributed by atoms with Crippen molar-refractivity contribution >= 4 is 23.2 Å². The fraction of sp³-hybridized carbons (Fsp3) is 0.263. The van der Waals surface area contributed by atoms with Crippen LogP contribution >= 0.6 is 11.6 Å². The molecular formula is C19H17ClF3N3O2. The normalized spacial score (nSPS) is 11.8. The molecule has 0 unspecified atom stereocenters. The highest BCUT2D eigenvalue weighted by Crippen LogP contribution is 2.33. The Labute approximate surface area is 164 Å². The van der Waals surface area contributed by atoms with Gasteiger partial charge in [-0.1, -0.05) is 41.9 Å². The monoisotopic (exact) mass is 411 g/mol. The van der Waals surface area contributed by atoms with E-state index in [1.54, 1.807) is 0 Å². The van der Waals surface area contributed by atoms with Crippen molar-refractivity contribution in [2.75, 3.05) is 13.2 Å². The zero-order chi connectivity index (χ0) is 20.5. The summed E-state index contributed by atoms with van der Waals surface area (Å²) < 4.78 is 40.6. The van der Waals surface area contributed by atoms with Crippen molar-refractivity contribution in [3.8, 4) is 0 Å². The topological polar surface area (TPSA) is 57.8 Å². The van der Waals surface area contributed by atoms with Gasteiger partial charge in [-0.05, 0) is 18.6 Å². The van der Waals surface area contributed by atoms with Crippen LogP contribution in [0, 0.1) is 6.92 Å². The second kappa shape index (κ2) is 7.81. The van der Waals surface area contributed by atoms with Gasteiger partial charge in [-0.2, -0.15) is 13.2 Å². The van der Waals surface area contributed by atoms with Crippen molar-refractivity contribution in [3.63, 3.8) is 0 Å². The van der Waals surface area contributed by atoms with Gasteiger partial charge in [0.15, 0.2) is 5.65 Å². The molecule has 0 radical (unpaired) electrons. The van der Waals surface area contributed by atoms with E-state index in [1.807, 2.05) is 30.3 Å². The molecule has 0 spiro atoms. The van der Waals surface area contributed by atoms with Gasteiger partial charge >= 0.3 is 6.18 Å². The van der Waals surface area contributed by atoms with Gasteiger partial charge < -0.3 is 10.0 Å². The van der Waals surface area contributed by atoms with Crippen LogP contribution in [0.3, 0.4) is 0 Å². The maximum atomic E-state index is 13.2. The first kappa shape index (κ1) is 20.2. The number of hydrogen-bond donors (Lipinski definition) is 1. The Morgan fingerprint density at radius 3 is 2.57 bits per heavy atom. The Morgan fingerprint density at radius 2 is 1.96 bits per heavy atom. The molecule has 1 aromatic carbocycles. The fourth-order valence-corrected chi connectivity index (χ4v) is 3.21. The second-order valence-corrected chi connectivity index (χ2v) is 6.66. The van der Waals surface area contributed by atoms with E-state index in [9.17, 15) is 23.1 Å². The molecule has 3 aromatic rings. The molecule has 2 aromatic heterocycles. The smallest absolute Gasteiger partial charge is 0.395 e. The number of carbonyl (C=O) groups is 1. The molecule has 0 aliphatic rings. The van der Waals surface area contributed by atoms with Gasteiger partial charge in [0.2, 0.25) is 0 Å². The molecule has 0 aliphatic carbocycles. The van der Waals surface area contributed by atoms with Crippen LogP contribution in [-0.2, 0) is 12.7 Å². The molecule has 0 fully saturated rings. The summed E-state index contributed by atoms with van der Waals surface area (Å²) in [5, 5.41) is 9.15. The van der Waals surface area contributed by atoms with E-state index in [0.29, 0.717) is 0 Å². The molecular weight excluding hydrogens is 395 g/mol. The largest absolute Gasteiger partial charge is 0.417 e. The molecule has 1 amide bonds. The van der Waals surface area contributed by atoms with Crippen LogP contribution in [0.25, 0.3) is 5.65 Å². The van der Waals surface area contributed by atoms with Crippen molar-refractivity contribution in [1.29, 1.82) is 0 Å². The summed E-state index contributed by atoms with van der Waals surface area (Å²) in [5.41, 5.74) is 0.145. The lowest BCUT2D eigenvalue weighted by atomic mass is 10.2. The average molecular weight is 412 g/mol. The Balaban J connectivity index is 2.08. The molecule has 5 nitrogen and oxygen atoms in total. The molecule has 9 heteroatoms. The minimum absolute atomic E-state index is 0.0209. The zero-order valence-corrected chi connectivity index (χ0v) is 15.6. The quantitative estimate of drug-likeness (QED) is 0.691. The predicted molar refractivity (Wildman–Crippen MR) is 98.2 cm³/mol. The number of aromatic nitrogens is 2. The predicted octanol–water partition coefficient (Wildman–Crippen LogP) is 3.95. The minimum atomic E-state index is -4.62. The summed E-state index contributed by atoms with van der Waals surface area (Å²) in [6.45, 7) is 1.46. The first-order valence-electron chi connectivity index (χ1n) is 8.42. The highest BCUT2D eigenvalue weighted by atomic mass is 35.5. The summed E-state index contributed by atoms with van der Waals surface area (Å²) in [6, 6.07) is 9.87. The molecule has 28 heavy (non-hydrogen) atoms. The van der Waals surface area contributed by atoms with Crippen LogP contribution < -0.4 is 0 Å². The number of fused-ring (bicyclic) bond motifs is 1. The first-order chi connectivity index (χ1) is 13.2. The first-order valence-corrected chi connectivity index (χ1v) is 8.79. The number of pyridine rings is 1. The SMILES string of the molecule is Cc1nc2c(Cl)cc(C(F)(F)F)cn2c1C(=O)N(CCO)Cc1ccccc1. The van der Waals surface area contributed by atoms with Crippen molar-refractivity contribution in [2.24, 2.45) is 0 Å². The molecule has 0 aliphatic heterocycles. The highest BCUT2D eigenvalue weighted by molar-refractivity contribution is 6.33. The average Bonchev–Trinajstić information content (AvgIpc) is 2.97. The third-order valence-electron chi connectivity index (χ3n) is 4.25. The van der Waals surface area contributed by atoms with E-state index in [2.05, 4.69) is 4.98 Å². The number of rotatable bonds is 5. The number of halogens is 4. The number of benzene rings is 1. The van der Waals surface area contributed by atoms with Crippen molar-refractivity contribution in [3.05, 3.63) is 70.1 Å². The number of aliphatic hydroxyl groups is 1. The molecule has 0 bridgehead atoms. The second-order valence-electron chi connectivity index (χ2n) is 6.25. The Morgan fingerprint density at radius 1 is 1.29 bits per heavy atom. The van der Waals surface area contributed by atoms with Gasteiger partial charge in [-0.15, -0.1) is 0 Å². The number of nitrogens with zero attached hydrogens (tertiary/aromatic N) is 3. The van der Waals surface area contributed by atoms with Crippen LogP contribution in [0.1, 0.15) is 27.3 Å². The van der Waals surface area contributed by atoms with Gasteiger partial charge in [0.1, 0.15) is 5.69 Å². The number of imidazole rings is 1. The highest BCUT2D eigenvalue weighted by Gasteiger charge is 2.33. The van der Waals surface area contributed by atoms with Gasteiger partial charge in [-0.25, -0.2) is 4.98 Å². The van der Waals surface area contributed by atoms with Gasteiger partial charge in [0, 0.05) is 19.3 Å². The number of amides is 1. The van der Waals surface area contributed by atoms with Crippen LogP contribution in [0.15, 0.2) is 42.6 Å². The molecule has 0 atom stereocenters. The third-order valence-corrected chi connectivity index (χ3v) is 4.53. The molecule has 3 rings (SSSR count). The zero-order valence-electron chi connectivity index (χ0n) is 14.9. The van der Waals surface area contributed by atoms with Crippen LogP contribution in [0.5, 0.6) is 0 Å². The van der Waals surface area contributed by atoms with E-state index in [4.69, 9.17) is 11.6 Å². The molecule has 2 heterocycles. The van der Waals surface area contributed by atoms with Gasteiger partial charge in [0.05, 0.1) is 22.9 Å². The van der Waals surface area contributed by atoms with Crippen LogP contribution in [0.4, 0.5) is 13.2 Å². The minimum Gasteiger partial charge on any atom is -0.395 e. The lowest BCUT2D eigenvalue weighted by molar-refractivity contribution is -0.137. The summed E-state index contributed by atoms with van der Waals surface area (Å²) in [7, 11) is 0. The third kappa shape index (κ3) is 3.98. The van der Waals surface area contributed by atoms with E-state index in [-0.39, 0.29) is 41.8 Å². The van der Waals surface area contributed by atoms with Crippen LogP contribution in [0.2, 0.25) is 5.02 Å². The maximum Gasteiger partial charge on any atom is 0.417 e. The van der Waals surface area contributed by atoms with E-state index >= 15 is 0 Å². The molecule has 148 valence electrons. The summed E-state index contributed by atoms with van der Waals surface area (Å²) in [4.78, 5) is 18.7. The van der Waals surface area contributed by atoms with E-state index < -0.39 is 17.6 Å². The van der Waals surface area contributed by atoms with Crippen molar-refractivity contribution < 1.29 is 23.1 Å². The van der Waals surface area contributed by atoms with Crippen LogP contribution in [-0.4, -0.2) is 38.4 Å². The Hall–Kier alpha value is -2.58. The fourth-order valence-electron chi connectivity index (χ4n) is 2.96. The Kier molecular flexibility index (Phi) is 5.62. The van der Waals surface area contributed by atoms with Crippen molar-refractivity contribution in [1.82, 2.24) is 14.3 Å². The number of alkyl halides is 3. The van der Waals surface area contributed by atoms with Gasteiger partial charge in [0.25, 0.3) is 5.91 Å². The number of aryl methyl sites for hydroxylation is 1. The van der Waals surface area contributed by atoms with E-state index in [0.717, 1.165) is 22.2 Å². The standard InChI is InChI=1S/C19H17ClF3N3O2/c1-12-16(18(28)25(7-8-27)10-13-5-3-2-4-6-13)26-11-14(19(21,22)23)9-15(20)17(26)24-12/h2-6,9,11,27H,7-8,10H2,1H3.